The van der Waals surface area contributed by atoms with Crippen molar-refractivity contribution in [2.45, 2.75) is 13.8 Å². The molecule has 3 nitrogen and oxygen atoms in total. The van der Waals surface area contributed by atoms with Gasteiger partial charge in [0.25, 0.3) is 0 Å². The minimum atomic E-state index is 0.505. The SMILES string of the molecule is Cc1nc(-c2csc(C=O)n2)c(C)s1. The zero-order chi connectivity index (χ0) is 10.1. The molecule has 2 aromatic rings. The molecule has 0 saturated carbocycles. The largest absolute Gasteiger partial charge is 0.295 e. The van der Waals surface area contributed by atoms with Gasteiger partial charge in [-0.25, -0.2) is 9.97 Å². The van der Waals surface area contributed by atoms with Gasteiger partial charge in [-0.05, 0) is 13.8 Å². The molecule has 14 heavy (non-hydrogen) atoms. The number of hydrogen-bond acceptors (Lipinski definition) is 5. The van der Waals surface area contributed by atoms with Crippen LogP contribution in [0.2, 0.25) is 0 Å². The number of carbonyl (C=O) groups is 1. The molecule has 0 bridgehead atoms. The van der Waals surface area contributed by atoms with Crippen LogP contribution in [0.1, 0.15) is 19.7 Å². The number of aldehydes is 1. The van der Waals surface area contributed by atoms with Gasteiger partial charge in [-0.3, -0.25) is 4.79 Å². The first kappa shape index (κ1) is 9.48. The second-order valence-electron chi connectivity index (χ2n) is 2.83. The van der Waals surface area contributed by atoms with E-state index in [0.29, 0.717) is 5.01 Å². The van der Waals surface area contributed by atoms with E-state index in [4.69, 9.17) is 0 Å². The Hall–Kier alpha value is -1.07. The van der Waals surface area contributed by atoms with Crippen LogP contribution >= 0.6 is 22.7 Å². The molecule has 0 aromatic carbocycles. The molecule has 0 fully saturated rings. The summed E-state index contributed by atoms with van der Waals surface area (Å²) < 4.78 is 0. The van der Waals surface area contributed by atoms with Crippen molar-refractivity contribution in [3.8, 4) is 11.4 Å². The molecule has 72 valence electrons. The van der Waals surface area contributed by atoms with Gasteiger partial charge in [-0.2, -0.15) is 0 Å². The molecule has 0 aliphatic heterocycles. The van der Waals surface area contributed by atoms with Crippen molar-refractivity contribution >= 4 is 29.0 Å². The fourth-order valence-electron chi connectivity index (χ4n) is 1.22. The third-order valence-corrected chi connectivity index (χ3v) is 3.43. The number of aryl methyl sites for hydroxylation is 2. The van der Waals surface area contributed by atoms with Crippen molar-refractivity contribution in [3.63, 3.8) is 0 Å². The number of aromatic nitrogens is 2. The van der Waals surface area contributed by atoms with E-state index in [1.54, 1.807) is 11.3 Å². The first-order valence-corrected chi connectivity index (χ1v) is 5.75. The maximum absolute atomic E-state index is 10.5. The molecule has 5 heteroatoms. The summed E-state index contributed by atoms with van der Waals surface area (Å²) in [7, 11) is 0. The molecule has 0 aliphatic carbocycles. The van der Waals surface area contributed by atoms with E-state index in [0.717, 1.165) is 27.6 Å². The zero-order valence-corrected chi connectivity index (χ0v) is 9.41. The minimum absolute atomic E-state index is 0.505. The summed E-state index contributed by atoms with van der Waals surface area (Å²) in [6.07, 6.45) is 0.767. The quantitative estimate of drug-likeness (QED) is 0.736. The molecule has 0 N–H and O–H groups in total. The highest BCUT2D eigenvalue weighted by Gasteiger charge is 2.10. The highest BCUT2D eigenvalue weighted by Crippen LogP contribution is 2.27. The lowest BCUT2D eigenvalue weighted by Gasteiger charge is -1.89. The summed E-state index contributed by atoms with van der Waals surface area (Å²) in [5, 5.41) is 3.40. The Morgan fingerprint density at radius 3 is 2.64 bits per heavy atom. The summed E-state index contributed by atoms with van der Waals surface area (Å²) in [5.41, 5.74) is 1.70. The third-order valence-electron chi connectivity index (χ3n) is 1.77. The van der Waals surface area contributed by atoms with Gasteiger partial charge in [0, 0.05) is 10.3 Å². The molecule has 0 spiro atoms. The van der Waals surface area contributed by atoms with Crippen molar-refractivity contribution < 1.29 is 4.79 Å². The standard InChI is InChI=1S/C9H8N2OS2/c1-5-9(10-6(2)14-5)7-4-13-8(3-12)11-7/h3-4H,1-2H3. The van der Waals surface area contributed by atoms with E-state index < -0.39 is 0 Å². The summed E-state index contributed by atoms with van der Waals surface area (Å²) in [6.45, 7) is 3.98. The van der Waals surface area contributed by atoms with E-state index in [1.807, 2.05) is 19.2 Å². The van der Waals surface area contributed by atoms with Crippen LogP contribution in [0.15, 0.2) is 5.38 Å². The Labute approximate surface area is 89.5 Å². The molecule has 0 amide bonds. The summed E-state index contributed by atoms with van der Waals surface area (Å²) in [6, 6.07) is 0. The zero-order valence-electron chi connectivity index (χ0n) is 7.77. The van der Waals surface area contributed by atoms with Crippen LogP contribution in [0, 0.1) is 13.8 Å². The van der Waals surface area contributed by atoms with E-state index in [1.165, 1.54) is 11.3 Å². The topological polar surface area (TPSA) is 42.9 Å². The Balaban J connectivity index is 2.48. The number of rotatable bonds is 2. The van der Waals surface area contributed by atoms with E-state index in [-0.39, 0.29) is 0 Å². The van der Waals surface area contributed by atoms with Gasteiger partial charge in [-0.1, -0.05) is 0 Å². The van der Waals surface area contributed by atoms with Gasteiger partial charge in [0.1, 0.15) is 11.4 Å². The molecule has 0 aliphatic rings. The fourth-order valence-corrected chi connectivity index (χ4v) is 2.65. The summed E-state index contributed by atoms with van der Waals surface area (Å²) in [4.78, 5) is 20.2. The van der Waals surface area contributed by atoms with E-state index >= 15 is 0 Å². The monoisotopic (exact) mass is 224 g/mol. The predicted octanol–water partition coefficient (Wildman–Crippen LogP) is 2.70. The molecule has 0 unspecified atom stereocenters. The van der Waals surface area contributed by atoms with Crippen LogP contribution in [-0.4, -0.2) is 16.3 Å². The van der Waals surface area contributed by atoms with E-state index in [2.05, 4.69) is 9.97 Å². The number of nitrogens with zero attached hydrogens (tertiary/aromatic N) is 2. The Bertz CT molecular complexity index is 473. The summed E-state index contributed by atoms with van der Waals surface area (Å²) >= 11 is 2.99. The Kier molecular flexibility index (Phi) is 2.43. The van der Waals surface area contributed by atoms with Gasteiger partial charge >= 0.3 is 0 Å². The molecular weight excluding hydrogens is 216 g/mol. The van der Waals surface area contributed by atoms with Crippen molar-refractivity contribution in [3.05, 3.63) is 20.3 Å². The molecule has 0 atom stereocenters. The van der Waals surface area contributed by atoms with E-state index in [9.17, 15) is 4.79 Å². The van der Waals surface area contributed by atoms with Crippen LogP contribution in [0.3, 0.4) is 0 Å². The van der Waals surface area contributed by atoms with Gasteiger partial charge < -0.3 is 0 Å². The maximum Gasteiger partial charge on any atom is 0.178 e. The van der Waals surface area contributed by atoms with Gasteiger partial charge in [0.15, 0.2) is 11.3 Å². The first-order valence-electron chi connectivity index (χ1n) is 4.06. The van der Waals surface area contributed by atoms with Crippen LogP contribution in [0.4, 0.5) is 0 Å². The average Bonchev–Trinajstić information content (AvgIpc) is 2.71. The van der Waals surface area contributed by atoms with Crippen LogP contribution in [0.25, 0.3) is 11.4 Å². The molecule has 0 saturated heterocycles. The number of carbonyl (C=O) groups excluding carboxylic acids is 1. The highest BCUT2D eigenvalue weighted by molar-refractivity contribution is 7.12. The Morgan fingerprint density at radius 2 is 2.14 bits per heavy atom. The van der Waals surface area contributed by atoms with Crippen LogP contribution in [0.5, 0.6) is 0 Å². The maximum atomic E-state index is 10.5. The second-order valence-corrected chi connectivity index (χ2v) is 5.12. The lowest BCUT2D eigenvalue weighted by Crippen LogP contribution is -1.82. The van der Waals surface area contributed by atoms with Crippen molar-refractivity contribution in [2.24, 2.45) is 0 Å². The van der Waals surface area contributed by atoms with Crippen LogP contribution in [-0.2, 0) is 0 Å². The lowest BCUT2D eigenvalue weighted by atomic mass is 10.3. The molecular formula is C9H8N2OS2. The van der Waals surface area contributed by atoms with Crippen molar-refractivity contribution in [2.75, 3.05) is 0 Å². The highest BCUT2D eigenvalue weighted by atomic mass is 32.1. The normalized spacial score (nSPS) is 10.4. The lowest BCUT2D eigenvalue weighted by molar-refractivity contribution is 0.112. The number of hydrogen-bond donors (Lipinski definition) is 0. The van der Waals surface area contributed by atoms with Gasteiger partial charge in [0.2, 0.25) is 0 Å². The first-order chi connectivity index (χ1) is 6.70. The minimum Gasteiger partial charge on any atom is -0.295 e. The number of thiazole rings is 2. The average molecular weight is 224 g/mol. The fraction of sp³-hybridized carbons (Fsp3) is 0.222. The smallest absolute Gasteiger partial charge is 0.178 e. The molecule has 2 rings (SSSR count). The van der Waals surface area contributed by atoms with Crippen molar-refractivity contribution in [1.29, 1.82) is 0 Å². The molecule has 0 radical (unpaired) electrons. The predicted molar refractivity (Wildman–Crippen MR) is 58.1 cm³/mol. The summed E-state index contributed by atoms with van der Waals surface area (Å²) in [5.74, 6) is 0. The second kappa shape index (κ2) is 3.59. The third kappa shape index (κ3) is 1.60. The van der Waals surface area contributed by atoms with Gasteiger partial charge in [0.05, 0.1) is 5.01 Å². The van der Waals surface area contributed by atoms with Crippen LogP contribution < -0.4 is 0 Å². The van der Waals surface area contributed by atoms with Gasteiger partial charge in [-0.15, -0.1) is 22.7 Å². The molecule has 2 aromatic heterocycles. The van der Waals surface area contributed by atoms with Crippen molar-refractivity contribution in [1.82, 2.24) is 9.97 Å². The Morgan fingerprint density at radius 1 is 1.36 bits per heavy atom. The molecule has 2 heterocycles.